The van der Waals surface area contributed by atoms with E-state index in [0.717, 1.165) is 34.2 Å². The molecule has 0 amide bonds. The molecule has 3 nitrogen and oxygen atoms in total. The lowest BCUT2D eigenvalue weighted by Crippen LogP contribution is -2.09. The molecule has 0 bridgehead atoms. The van der Waals surface area contributed by atoms with Gasteiger partial charge in [-0.1, -0.05) is 48.5 Å². The number of benzene rings is 1. The van der Waals surface area contributed by atoms with E-state index in [4.69, 9.17) is 0 Å². The lowest BCUT2D eigenvalue weighted by Gasteiger charge is -2.18. The van der Waals surface area contributed by atoms with Gasteiger partial charge in [0.1, 0.15) is 16.2 Å². The van der Waals surface area contributed by atoms with Crippen molar-refractivity contribution in [2.24, 2.45) is 5.92 Å². The summed E-state index contributed by atoms with van der Waals surface area (Å²) in [6.07, 6.45) is 5.10. The van der Waals surface area contributed by atoms with Crippen molar-refractivity contribution < 1.29 is 4.79 Å². The molecule has 0 aliphatic heterocycles. The molecule has 0 saturated heterocycles. The Labute approximate surface area is 155 Å². The molecule has 0 N–H and O–H groups in total. The number of carbonyl (C=O) groups excluding carboxylic acids is 1. The van der Waals surface area contributed by atoms with Crippen LogP contribution in [0.15, 0.2) is 35.6 Å². The average Bonchev–Trinajstić information content (AvgIpc) is 2.98. The molecule has 2 heterocycles. The fourth-order valence-electron chi connectivity index (χ4n) is 3.31. The number of thiophene rings is 1. The van der Waals surface area contributed by atoms with E-state index in [0.29, 0.717) is 5.75 Å². The number of carbonyl (C=O) groups is 1. The molecule has 2 aromatic heterocycles. The molecule has 1 aliphatic rings. The first kappa shape index (κ1) is 16.7. The van der Waals surface area contributed by atoms with Gasteiger partial charge < -0.3 is 0 Å². The zero-order valence-corrected chi connectivity index (χ0v) is 16.0. The third-order valence-corrected chi connectivity index (χ3v) is 6.92. The van der Waals surface area contributed by atoms with Crippen LogP contribution in [-0.2, 0) is 12.8 Å². The topological polar surface area (TPSA) is 42.9 Å². The molecule has 3 aromatic rings. The van der Waals surface area contributed by atoms with E-state index in [1.165, 1.54) is 27.8 Å². The summed E-state index contributed by atoms with van der Waals surface area (Å²) < 4.78 is 0. The second kappa shape index (κ2) is 6.89. The maximum atomic E-state index is 12.5. The van der Waals surface area contributed by atoms with Gasteiger partial charge in [-0.3, -0.25) is 4.79 Å². The standard InChI is InChI=1S/C20H20N2OS2/c1-12-3-6-14(7-4-12)16(23)10-24-19-18-15-8-5-13(2)9-17(15)25-20(18)22-11-21-19/h3-4,6-7,11,13H,5,8-10H2,1-2H3/t13-/m1/s1. The number of Topliss-reactive ketones (excluding diaryl/α,β-unsaturated/α-hetero) is 1. The predicted octanol–water partition coefficient (Wildman–Crippen LogP) is 5.10. The minimum atomic E-state index is 0.148. The molecule has 25 heavy (non-hydrogen) atoms. The van der Waals surface area contributed by atoms with Gasteiger partial charge in [0.2, 0.25) is 0 Å². The maximum Gasteiger partial charge on any atom is 0.173 e. The van der Waals surface area contributed by atoms with Crippen molar-refractivity contribution in [2.45, 2.75) is 38.1 Å². The molecule has 1 atom stereocenters. The zero-order chi connectivity index (χ0) is 17.4. The second-order valence-electron chi connectivity index (χ2n) is 6.79. The van der Waals surface area contributed by atoms with Crippen LogP contribution in [-0.4, -0.2) is 21.5 Å². The fourth-order valence-corrected chi connectivity index (χ4v) is 5.65. The van der Waals surface area contributed by atoms with Crippen molar-refractivity contribution >= 4 is 39.1 Å². The second-order valence-corrected chi connectivity index (χ2v) is 8.84. The largest absolute Gasteiger partial charge is 0.293 e. The molecule has 0 unspecified atom stereocenters. The zero-order valence-electron chi connectivity index (χ0n) is 14.4. The van der Waals surface area contributed by atoms with Gasteiger partial charge in [0.25, 0.3) is 0 Å². The Kier molecular flexibility index (Phi) is 4.61. The highest BCUT2D eigenvalue weighted by Gasteiger charge is 2.23. The summed E-state index contributed by atoms with van der Waals surface area (Å²) in [5, 5.41) is 2.15. The van der Waals surface area contributed by atoms with Crippen molar-refractivity contribution in [3.05, 3.63) is 52.2 Å². The Hall–Kier alpha value is -1.72. The Balaban J connectivity index is 1.59. The Morgan fingerprint density at radius 2 is 2.08 bits per heavy atom. The van der Waals surface area contributed by atoms with Crippen LogP contribution in [0, 0.1) is 12.8 Å². The molecule has 5 heteroatoms. The smallest absolute Gasteiger partial charge is 0.173 e. The van der Waals surface area contributed by atoms with Gasteiger partial charge in [-0.15, -0.1) is 11.3 Å². The van der Waals surface area contributed by atoms with E-state index >= 15 is 0 Å². The summed E-state index contributed by atoms with van der Waals surface area (Å²) in [5.41, 5.74) is 3.36. The van der Waals surface area contributed by atoms with Crippen LogP contribution in [0.3, 0.4) is 0 Å². The quantitative estimate of drug-likeness (QED) is 0.365. The normalized spacial score (nSPS) is 16.8. The summed E-state index contributed by atoms with van der Waals surface area (Å²) >= 11 is 3.34. The molecular weight excluding hydrogens is 348 g/mol. The van der Waals surface area contributed by atoms with Gasteiger partial charge in [-0.25, -0.2) is 9.97 Å². The van der Waals surface area contributed by atoms with Crippen molar-refractivity contribution in [2.75, 3.05) is 5.75 Å². The summed E-state index contributed by atoms with van der Waals surface area (Å²) in [6.45, 7) is 4.34. The molecule has 0 spiro atoms. The number of aryl methyl sites for hydroxylation is 2. The van der Waals surface area contributed by atoms with Crippen LogP contribution in [0.5, 0.6) is 0 Å². The molecule has 1 aliphatic carbocycles. The molecule has 1 aromatic carbocycles. The van der Waals surface area contributed by atoms with E-state index in [2.05, 4.69) is 16.9 Å². The van der Waals surface area contributed by atoms with E-state index in [1.54, 1.807) is 29.4 Å². The van der Waals surface area contributed by atoms with Crippen molar-refractivity contribution in [1.29, 1.82) is 0 Å². The summed E-state index contributed by atoms with van der Waals surface area (Å²) in [7, 11) is 0. The summed E-state index contributed by atoms with van der Waals surface area (Å²) in [5.74, 6) is 1.30. The highest BCUT2D eigenvalue weighted by molar-refractivity contribution is 8.00. The minimum Gasteiger partial charge on any atom is -0.293 e. The van der Waals surface area contributed by atoms with Crippen molar-refractivity contribution in [1.82, 2.24) is 9.97 Å². The highest BCUT2D eigenvalue weighted by atomic mass is 32.2. The molecule has 0 fully saturated rings. The van der Waals surface area contributed by atoms with Crippen LogP contribution in [0.2, 0.25) is 0 Å². The van der Waals surface area contributed by atoms with E-state index in [-0.39, 0.29) is 5.78 Å². The van der Waals surface area contributed by atoms with E-state index < -0.39 is 0 Å². The van der Waals surface area contributed by atoms with Gasteiger partial charge in [-0.2, -0.15) is 0 Å². The Morgan fingerprint density at radius 1 is 1.28 bits per heavy atom. The van der Waals surface area contributed by atoms with Crippen LogP contribution >= 0.6 is 23.1 Å². The number of thioether (sulfide) groups is 1. The number of aromatic nitrogens is 2. The van der Waals surface area contributed by atoms with Gasteiger partial charge in [-0.05, 0) is 37.7 Å². The Bertz CT molecular complexity index is 931. The van der Waals surface area contributed by atoms with Gasteiger partial charge in [0.15, 0.2) is 5.78 Å². The van der Waals surface area contributed by atoms with Gasteiger partial charge >= 0.3 is 0 Å². The van der Waals surface area contributed by atoms with E-state index in [9.17, 15) is 4.79 Å². The molecule has 0 radical (unpaired) electrons. The fraction of sp³-hybridized carbons (Fsp3) is 0.350. The molecule has 0 saturated carbocycles. The highest BCUT2D eigenvalue weighted by Crippen LogP contribution is 2.40. The SMILES string of the molecule is Cc1ccc(C(=O)CSc2ncnc3sc4c(c23)CC[C@@H](C)C4)cc1. The number of ketones is 1. The number of hydrogen-bond donors (Lipinski definition) is 0. The third kappa shape index (κ3) is 3.35. The van der Waals surface area contributed by atoms with Crippen molar-refractivity contribution in [3.8, 4) is 0 Å². The van der Waals surface area contributed by atoms with Crippen LogP contribution in [0.4, 0.5) is 0 Å². The van der Waals surface area contributed by atoms with E-state index in [1.807, 2.05) is 31.2 Å². The van der Waals surface area contributed by atoms with Gasteiger partial charge in [0.05, 0.1) is 5.75 Å². The summed E-state index contributed by atoms with van der Waals surface area (Å²) in [4.78, 5) is 24.0. The first-order valence-electron chi connectivity index (χ1n) is 8.59. The first-order chi connectivity index (χ1) is 12.1. The van der Waals surface area contributed by atoms with Gasteiger partial charge in [0, 0.05) is 15.8 Å². The number of fused-ring (bicyclic) bond motifs is 3. The molecular formula is C20H20N2OS2. The first-order valence-corrected chi connectivity index (χ1v) is 10.4. The van der Waals surface area contributed by atoms with Crippen molar-refractivity contribution in [3.63, 3.8) is 0 Å². The molecule has 128 valence electrons. The number of nitrogens with zero attached hydrogens (tertiary/aromatic N) is 2. The minimum absolute atomic E-state index is 0.148. The predicted molar refractivity (Wildman–Crippen MR) is 105 cm³/mol. The third-order valence-electron chi connectivity index (χ3n) is 4.77. The Morgan fingerprint density at radius 3 is 2.88 bits per heavy atom. The lowest BCUT2D eigenvalue weighted by atomic mass is 9.89. The summed E-state index contributed by atoms with van der Waals surface area (Å²) in [6, 6.07) is 7.78. The monoisotopic (exact) mass is 368 g/mol. The average molecular weight is 369 g/mol. The van der Waals surface area contributed by atoms with Crippen LogP contribution in [0.25, 0.3) is 10.2 Å². The lowest BCUT2D eigenvalue weighted by molar-refractivity contribution is 0.102. The number of rotatable bonds is 4. The molecule has 4 rings (SSSR count). The number of hydrogen-bond acceptors (Lipinski definition) is 5. The maximum absolute atomic E-state index is 12.5. The van der Waals surface area contributed by atoms with Crippen LogP contribution < -0.4 is 0 Å². The van der Waals surface area contributed by atoms with Crippen LogP contribution in [0.1, 0.15) is 39.7 Å².